The average molecular weight is 364 g/mol. The molecule has 0 unspecified atom stereocenters. The topological polar surface area (TPSA) is 29.1 Å². The Hall–Kier alpha value is -1.04. The fraction of sp³-hybridized carbons (Fsp3) is 0.533. The van der Waals surface area contributed by atoms with E-state index in [1.54, 1.807) is 0 Å². The number of hydrogen-bond acceptors (Lipinski definition) is 1. The van der Waals surface area contributed by atoms with Crippen molar-refractivity contribution in [3.8, 4) is 0 Å². The van der Waals surface area contributed by atoms with Crippen LogP contribution in [0.5, 0.6) is 0 Å². The third-order valence-corrected chi connectivity index (χ3v) is 4.42. The lowest BCUT2D eigenvalue weighted by Crippen LogP contribution is -2.34. The van der Waals surface area contributed by atoms with Crippen LogP contribution in [0.2, 0.25) is 0 Å². The quantitative estimate of drug-likeness (QED) is 0.742. The minimum atomic E-state index is -4.45. The molecule has 0 heterocycles. The molecule has 0 atom stereocenters. The number of carbonyl (C=O) groups is 1. The van der Waals surface area contributed by atoms with Gasteiger partial charge in [0.2, 0.25) is 0 Å². The maximum atomic E-state index is 12.7. The monoisotopic (exact) mass is 363 g/mol. The second-order valence-corrected chi connectivity index (χ2v) is 6.21. The van der Waals surface area contributed by atoms with Gasteiger partial charge in [0.05, 0.1) is 11.1 Å². The van der Waals surface area contributed by atoms with Crippen molar-refractivity contribution in [2.45, 2.75) is 50.7 Å². The minimum Gasteiger partial charge on any atom is -0.349 e. The summed E-state index contributed by atoms with van der Waals surface area (Å²) in [5.74, 6) is -0.445. The number of amides is 1. The molecule has 0 radical (unpaired) electrons. The van der Waals surface area contributed by atoms with E-state index < -0.39 is 17.6 Å². The molecule has 6 heteroatoms. The predicted octanol–water partition coefficient (Wildman–Crippen LogP) is 4.92. The van der Waals surface area contributed by atoms with Crippen molar-refractivity contribution in [2.75, 3.05) is 0 Å². The molecular formula is C15H17BrF3NO. The molecule has 0 saturated heterocycles. The molecule has 2 rings (SSSR count). The fourth-order valence-corrected chi connectivity index (χ4v) is 2.99. The van der Waals surface area contributed by atoms with E-state index in [0.717, 1.165) is 50.7 Å². The number of nitrogens with one attached hydrogen (secondary N) is 1. The first-order valence-electron chi connectivity index (χ1n) is 7.05. The molecule has 1 saturated carbocycles. The van der Waals surface area contributed by atoms with Gasteiger partial charge in [-0.15, -0.1) is 0 Å². The van der Waals surface area contributed by atoms with Crippen molar-refractivity contribution in [1.29, 1.82) is 0 Å². The first kappa shape index (κ1) is 16.3. The van der Waals surface area contributed by atoms with Gasteiger partial charge in [0, 0.05) is 10.5 Å². The van der Waals surface area contributed by atoms with Gasteiger partial charge in [-0.05, 0) is 47.0 Å². The van der Waals surface area contributed by atoms with Crippen molar-refractivity contribution < 1.29 is 18.0 Å². The standard InChI is InChI=1S/C15H17BrF3NO/c16-13-8-7-10(15(17,18)19)9-12(13)14(21)20-11-5-3-1-2-4-6-11/h7-9,11H,1-6H2,(H,20,21). The van der Waals surface area contributed by atoms with Gasteiger partial charge in [0.15, 0.2) is 0 Å². The van der Waals surface area contributed by atoms with Gasteiger partial charge in [-0.1, -0.05) is 25.7 Å². The lowest BCUT2D eigenvalue weighted by Gasteiger charge is -2.17. The maximum Gasteiger partial charge on any atom is 0.416 e. The highest BCUT2D eigenvalue weighted by molar-refractivity contribution is 9.10. The zero-order valence-electron chi connectivity index (χ0n) is 11.5. The van der Waals surface area contributed by atoms with Gasteiger partial charge in [-0.2, -0.15) is 13.2 Å². The predicted molar refractivity (Wildman–Crippen MR) is 78.1 cm³/mol. The molecule has 21 heavy (non-hydrogen) atoms. The summed E-state index contributed by atoms with van der Waals surface area (Å²) in [5.41, 5.74) is -0.772. The van der Waals surface area contributed by atoms with E-state index in [0.29, 0.717) is 4.47 Å². The highest BCUT2D eigenvalue weighted by atomic mass is 79.9. The first-order chi connectivity index (χ1) is 9.88. The van der Waals surface area contributed by atoms with Crippen molar-refractivity contribution in [3.63, 3.8) is 0 Å². The summed E-state index contributed by atoms with van der Waals surface area (Å²) in [4.78, 5) is 12.2. The number of rotatable bonds is 2. The molecule has 0 bridgehead atoms. The van der Waals surface area contributed by atoms with E-state index in [1.807, 2.05) is 0 Å². The Morgan fingerprint density at radius 1 is 1.14 bits per heavy atom. The van der Waals surface area contributed by atoms with E-state index in [-0.39, 0.29) is 11.6 Å². The zero-order valence-corrected chi connectivity index (χ0v) is 13.1. The number of carbonyl (C=O) groups excluding carboxylic acids is 1. The van der Waals surface area contributed by atoms with Gasteiger partial charge >= 0.3 is 6.18 Å². The van der Waals surface area contributed by atoms with Gasteiger partial charge in [-0.3, -0.25) is 4.79 Å². The van der Waals surface area contributed by atoms with Crippen LogP contribution in [0.15, 0.2) is 22.7 Å². The molecular weight excluding hydrogens is 347 g/mol. The molecule has 0 aromatic heterocycles. The Labute approximate surface area is 130 Å². The Balaban J connectivity index is 2.14. The van der Waals surface area contributed by atoms with Crippen molar-refractivity contribution in [2.24, 2.45) is 0 Å². The lowest BCUT2D eigenvalue weighted by molar-refractivity contribution is -0.137. The van der Waals surface area contributed by atoms with Crippen LogP contribution in [0.25, 0.3) is 0 Å². The fourth-order valence-electron chi connectivity index (χ4n) is 2.56. The van der Waals surface area contributed by atoms with Gasteiger partial charge in [0.1, 0.15) is 0 Å². The van der Waals surface area contributed by atoms with Crippen LogP contribution in [-0.4, -0.2) is 11.9 Å². The second-order valence-electron chi connectivity index (χ2n) is 5.35. The third kappa shape index (κ3) is 4.46. The third-order valence-electron chi connectivity index (χ3n) is 3.73. The molecule has 1 aromatic carbocycles. The minimum absolute atomic E-state index is 0.0362. The zero-order chi connectivity index (χ0) is 15.5. The molecule has 0 spiro atoms. The largest absolute Gasteiger partial charge is 0.416 e. The molecule has 1 aliphatic carbocycles. The molecule has 1 aromatic rings. The summed E-state index contributed by atoms with van der Waals surface area (Å²) in [6.07, 6.45) is 1.74. The first-order valence-corrected chi connectivity index (χ1v) is 7.85. The van der Waals surface area contributed by atoms with E-state index >= 15 is 0 Å². The molecule has 1 N–H and O–H groups in total. The van der Waals surface area contributed by atoms with Gasteiger partial charge < -0.3 is 5.32 Å². The summed E-state index contributed by atoms with van der Waals surface area (Å²) in [5, 5.41) is 2.86. The summed E-state index contributed by atoms with van der Waals surface area (Å²) >= 11 is 3.15. The van der Waals surface area contributed by atoms with Crippen LogP contribution in [-0.2, 0) is 6.18 Å². The number of halogens is 4. The Bertz CT molecular complexity index is 508. The summed E-state index contributed by atoms with van der Waals surface area (Å²) < 4.78 is 38.6. The second kappa shape index (κ2) is 6.81. The average Bonchev–Trinajstić information content (AvgIpc) is 2.66. The van der Waals surface area contributed by atoms with Gasteiger partial charge in [0.25, 0.3) is 5.91 Å². The number of benzene rings is 1. The van der Waals surface area contributed by atoms with Crippen LogP contribution >= 0.6 is 15.9 Å². The number of hydrogen-bond donors (Lipinski definition) is 1. The van der Waals surface area contributed by atoms with Crippen LogP contribution in [0.3, 0.4) is 0 Å². The van der Waals surface area contributed by atoms with Crippen LogP contribution in [0.1, 0.15) is 54.4 Å². The van der Waals surface area contributed by atoms with Crippen molar-refractivity contribution in [3.05, 3.63) is 33.8 Å². The summed E-state index contributed by atoms with van der Waals surface area (Å²) in [7, 11) is 0. The highest BCUT2D eigenvalue weighted by Crippen LogP contribution is 2.32. The molecule has 0 aliphatic heterocycles. The lowest BCUT2D eigenvalue weighted by atomic mass is 10.1. The SMILES string of the molecule is O=C(NC1CCCCCC1)c1cc(C(F)(F)F)ccc1Br. The van der Waals surface area contributed by atoms with Crippen LogP contribution in [0, 0.1) is 0 Å². The molecule has 2 nitrogen and oxygen atoms in total. The maximum absolute atomic E-state index is 12.7. The highest BCUT2D eigenvalue weighted by Gasteiger charge is 2.31. The van der Waals surface area contributed by atoms with E-state index in [9.17, 15) is 18.0 Å². The number of alkyl halides is 3. The normalized spacial score (nSPS) is 17.3. The smallest absolute Gasteiger partial charge is 0.349 e. The Morgan fingerprint density at radius 3 is 2.33 bits per heavy atom. The van der Waals surface area contributed by atoms with Crippen LogP contribution < -0.4 is 5.32 Å². The molecule has 1 aliphatic rings. The van der Waals surface area contributed by atoms with Crippen molar-refractivity contribution >= 4 is 21.8 Å². The van der Waals surface area contributed by atoms with Gasteiger partial charge in [-0.25, -0.2) is 0 Å². The molecule has 1 fully saturated rings. The van der Waals surface area contributed by atoms with E-state index in [4.69, 9.17) is 0 Å². The summed E-state index contributed by atoms with van der Waals surface area (Å²) in [6.45, 7) is 0. The van der Waals surface area contributed by atoms with E-state index in [2.05, 4.69) is 21.2 Å². The Kier molecular flexibility index (Phi) is 5.30. The molecule has 116 valence electrons. The van der Waals surface area contributed by atoms with Crippen molar-refractivity contribution in [1.82, 2.24) is 5.32 Å². The Morgan fingerprint density at radius 2 is 1.76 bits per heavy atom. The summed E-state index contributed by atoms with van der Waals surface area (Å²) in [6, 6.07) is 3.19. The van der Waals surface area contributed by atoms with Crippen LogP contribution in [0.4, 0.5) is 13.2 Å². The molecule has 1 amide bonds. The van der Waals surface area contributed by atoms with E-state index in [1.165, 1.54) is 6.07 Å².